The van der Waals surface area contributed by atoms with E-state index in [4.69, 9.17) is 18.9 Å². The van der Waals surface area contributed by atoms with Crippen molar-refractivity contribution < 1.29 is 39.1 Å². The van der Waals surface area contributed by atoms with Gasteiger partial charge in [-0.2, -0.15) is 0 Å². The van der Waals surface area contributed by atoms with E-state index in [0.29, 0.717) is 12.0 Å². The Morgan fingerprint density at radius 3 is 2.50 bits per heavy atom. The summed E-state index contributed by atoms with van der Waals surface area (Å²) in [5, 5.41) is 34.2. The number of ketones is 1. The second kappa shape index (κ2) is 10.5. The van der Waals surface area contributed by atoms with Crippen LogP contribution in [0.5, 0.6) is 0 Å². The molecule has 0 radical (unpaired) electrons. The molecule has 11 atom stereocenters. The van der Waals surface area contributed by atoms with Gasteiger partial charge in [-0.15, -0.1) is 0 Å². The largest absolute Gasteiger partial charge is 0.393 e. The second-order valence-electron chi connectivity index (χ2n) is 13.7. The molecule has 3 heterocycles. The molecular formula is C34H48O8. The molecule has 3 aliphatic heterocycles. The van der Waals surface area contributed by atoms with Gasteiger partial charge in [-0.25, -0.2) is 0 Å². The number of carbonyl (C=O) groups is 1. The van der Waals surface area contributed by atoms with E-state index >= 15 is 0 Å². The average Bonchev–Trinajstić information content (AvgIpc) is 3.60. The molecule has 5 fully saturated rings. The Balaban J connectivity index is 1.31. The highest BCUT2D eigenvalue weighted by Crippen LogP contribution is 2.72. The number of hydrogen-bond acceptors (Lipinski definition) is 8. The van der Waals surface area contributed by atoms with Gasteiger partial charge in [0.2, 0.25) is 0 Å². The fourth-order valence-electron chi connectivity index (χ4n) is 8.98. The van der Waals surface area contributed by atoms with Crippen molar-refractivity contribution >= 4 is 5.78 Å². The van der Waals surface area contributed by atoms with Gasteiger partial charge in [0.1, 0.15) is 29.5 Å². The average molecular weight is 585 g/mol. The van der Waals surface area contributed by atoms with Crippen LogP contribution in [0.1, 0.15) is 85.5 Å². The standard InChI is InChI=1S/C34H48O8/c1-6-7-8-9-10-11-12-13-14-15-16-17-32-40-27-25-28-31(20-35,39-28)29(37)33(38)24(18-22(4)26(33)36)34(25,42-32)23(5)19-30(27,41-32)21(2)3/h14-18,23-25,27-29,35,37-38H,2,6-13,19-20H2,1,3-5H3/b15-14-,17-16-/t23-,24-,25+,27+,28-,29-,30+,31-,32+,33+,34-/m0/s1. The SMILES string of the molecule is C=C(C)[C@]12C[C@H](C)[C@@]34O[C@](/C=C\C=C/CCCCCCCCC)(O[C@@H]1[C@@H]3[C@@H]1O[C@]1(CO)[C@H](O)[C@]1(O)C(=O)C(C)=C[C@@H]14)O2. The number of allylic oxidation sites excluding steroid dienone is 3. The maximum absolute atomic E-state index is 13.5. The van der Waals surface area contributed by atoms with Crippen LogP contribution in [-0.2, 0) is 23.7 Å². The van der Waals surface area contributed by atoms with Crippen molar-refractivity contribution in [3.8, 4) is 0 Å². The molecule has 3 aliphatic carbocycles. The molecule has 6 rings (SSSR count). The maximum atomic E-state index is 13.5. The van der Waals surface area contributed by atoms with E-state index in [9.17, 15) is 20.1 Å². The van der Waals surface area contributed by atoms with Gasteiger partial charge in [0.05, 0.1) is 12.2 Å². The summed E-state index contributed by atoms with van der Waals surface area (Å²) in [7, 11) is 0. The van der Waals surface area contributed by atoms with Crippen LogP contribution in [-0.4, -0.2) is 74.4 Å². The van der Waals surface area contributed by atoms with Gasteiger partial charge in [0.25, 0.3) is 0 Å². The van der Waals surface area contributed by atoms with Gasteiger partial charge in [0.15, 0.2) is 11.4 Å². The maximum Gasteiger partial charge on any atom is 0.306 e. The van der Waals surface area contributed by atoms with Crippen molar-refractivity contribution in [3.05, 3.63) is 48.1 Å². The summed E-state index contributed by atoms with van der Waals surface area (Å²) >= 11 is 0. The first-order valence-electron chi connectivity index (χ1n) is 16.0. The highest BCUT2D eigenvalue weighted by atomic mass is 16.9. The lowest BCUT2D eigenvalue weighted by Gasteiger charge is -2.59. The first-order valence-corrected chi connectivity index (χ1v) is 16.0. The number of rotatable bonds is 12. The van der Waals surface area contributed by atoms with Crippen LogP contribution in [0.3, 0.4) is 0 Å². The summed E-state index contributed by atoms with van der Waals surface area (Å²) in [6, 6.07) is 0. The van der Waals surface area contributed by atoms with Gasteiger partial charge in [-0.1, -0.05) is 83.3 Å². The number of Topliss-reactive ketones (excluding diaryl/α,β-unsaturated/α-hetero) is 1. The normalized spacial score (nSPS) is 48.4. The summed E-state index contributed by atoms with van der Waals surface area (Å²) in [4.78, 5) is 13.5. The number of unbranched alkanes of at least 4 members (excludes halogenated alkanes) is 7. The van der Waals surface area contributed by atoms with Crippen LogP contribution >= 0.6 is 0 Å². The van der Waals surface area contributed by atoms with Crippen LogP contribution in [0.25, 0.3) is 0 Å². The lowest BCUT2D eigenvalue weighted by molar-refractivity contribution is -0.406. The molecule has 0 unspecified atom stereocenters. The number of aliphatic hydroxyl groups excluding tert-OH is 2. The highest BCUT2D eigenvalue weighted by molar-refractivity contribution is 6.05. The molecule has 3 N–H and O–H groups in total. The Kier molecular flexibility index (Phi) is 7.57. The van der Waals surface area contributed by atoms with Crippen molar-refractivity contribution in [3.63, 3.8) is 0 Å². The molecule has 3 bridgehead atoms. The lowest BCUT2D eigenvalue weighted by Crippen LogP contribution is -2.72. The minimum Gasteiger partial charge on any atom is -0.393 e. The first-order chi connectivity index (χ1) is 20.0. The molecule has 0 aromatic heterocycles. The van der Waals surface area contributed by atoms with Crippen molar-refractivity contribution in [2.45, 2.75) is 132 Å². The number of aliphatic hydroxyl groups is 3. The van der Waals surface area contributed by atoms with E-state index in [1.54, 1.807) is 19.1 Å². The monoisotopic (exact) mass is 584 g/mol. The molecule has 232 valence electrons. The third-order valence-corrected chi connectivity index (χ3v) is 11.2. The fourth-order valence-corrected chi connectivity index (χ4v) is 8.98. The first kappa shape index (κ1) is 30.4. The van der Waals surface area contributed by atoms with Crippen molar-refractivity contribution in [1.29, 1.82) is 0 Å². The molecular weight excluding hydrogens is 536 g/mol. The van der Waals surface area contributed by atoms with Gasteiger partial charge >= 0.3 is 5.97 Å². The Labute approximate surface area is 249 Å². The lowest BCUT2D eigenvalue weighted by atomic mass is 9.54. The van der Waals surface area contributed by atoms with Crippen LogP contribution in [0, 0.1) is 17.8 Å². The van der Waals surface area contributed by atoms with Crippen molar-refractivity contribution in [1.82, 2.24) is 0 Å². The predicted molar refractivity (Wildman–Crippen MR) is 156 cm³/mol. The molecule has 3 saturated heterocycles. The summed E-state index contributed by atoms with van der Waals surface area (Å²) in [6.07, 6.45) is 16.9. The van der Waals surface area contributed by atoms with Crippen LogP contribution in [0.15, 0.2) is 48.1 Å². The van der Waals surface area contributed by atoms with E-state index in [-0.39, 0.29) is 5.92 Å². The van der Waals surface area contributed by atoms with Crippen molar-refractivity contribution in [2.24, 2.45) is 17.8 Å². The van der Waals surface area contributed by atoms with E-state index in [0.717, 1.165) is 18.4 Å². The van der Waals surface area contributed by atoms with E-state index in [1.807, 2.05) is 26.0 Å². The zero-order valence-electron chi connectivity index (χ0n) is 25.5. The third kappa shape index (κ3) is 3.95. The molecule has 0 spiro atoms. The summed E-state index contributed by atoms with van der Waals surface area (Å²) in [5.41, 5.74) is -4.66. The van der Waals surface area contributed by atoms with Crippen LogP contribution in [0.2, 0.25) is 0 Å². The van der Waals surface area contributed by atoms with Gasteiger partial charge in [-0.05, 0) is 50.2 Å². The number of epoxide rings is 1. The summed E-state index contributed by atoms with van der Waals surface area (Å²) < 4.78 is 26.5. The van der Waals surface area contributed by atoms with E-state index in [2.05, 4.69) is 19.6 Å². The smallest absolute Gasteiger partial charge is 0.306 e. The van der Waals surface area contributed by atoms with Gasteiger partial charge < -0.3 is 34.3 Å². The van der Waals surface area contributed by atoms with Gasteiger partial charge in [0, 0.05) is 17.9 Å². The molecule has 8 heteroatoms. The zero-order chi connectivity index (χ0) is 30.1. The molecule has 0 amide bonds. The van der Waals surface area contributed by atoms with Crippen molar-refractivity contribution in [2.75, 3.05) is 6.61 Å². The Hall–Kier alpha value is -1.65. The fraction of sp³-hybridized carbons (Fsp3) is 0.735. The van der Waals surface area contributed by atoms with E-state index < -0.39 is 70.9 Å². The zero-order valence-corrected chi connectivity index (χ0v) is 25.5. The number of ether oxygens (including phenoxy) is 4. The Morgan fingerprint density at radius 1 is 1.10 bits per heavy atom. The number of hydrogen-bond donors (Lipinski definition) is 3. The summed E-state index contributed by atoms with van der Waals surface area (Å²) in [5.74, 6) is -3.80. The molecule has 6 aliphatic rings. The Morgan fingerprint density at radius 2 is 1.81 bits per heavy atom. The van der Waals surface area contributed by atoms with E-state index in [1.165, 1.54) is 38.5 Å². The minimum absolute atomic E-state index is 0.236. The quantitative estimate of drug-likeness (QED) is 0.134. The molecule has 42 heavy (non-hydrogen) atoms. The molecule has 2 saturated carbocycles. The topological polar surface area (TPSA) is 118 Å². The van der Waals surface area contributed by atoms with Crippen LogP contribution < -0.4 is 0 Å². The molecule has 0 aromatic rings. The predicted octanol–water partition coefficient (Wildman–Crippen LogP) is 4.43. The molecule has 0 aromatic carbocycles. The molecule has 8 nitrogen and oxygen atoms in total. The van der Waals surface area contributed by atoms with Gasteiger partial charge in [-0.3, -0.25) is 4.79 Å². The Bertz CT molecular complexity index is 1210. The van der Waals surface area contributed by atoms with Crippen LogP contribution in [0.4, 0.5) is 0 Å². The minimum atomic E-state index is -2.22. The number of fused-ring (bicyclic) bond motifs is 3. The number of carbonyl (C=O) groups excluding carboxylic acids is 1. The highest BCUT2D eigenvalue weighted by Gasteiger charge is 2.88. The summed E-state index contributed by atoms with van der Waals surface area (Å²) in [6.45, 7) is 11.6. The third-order valence-electron chi connectivity index (χ3n) is 11.2. The second-order valence-corrected chi connectivity index (χ2v) is 13.7.